The zero-order valence-electron chi connectivity index (χ0n) is 3.99. The van der Waals surface area contributed by atoms with Crippen molar-refractivity contribution < 1.29 is 18.3 Å². The van der Waals surface area contributed by atoms with E-state index >= 15 is 0 Å². The summed E-state index contributed by atoms with van der Waals surface area (Å²) in [5.41, 5.74) is 0. The van der Waals surface area contributed by atoms with E-state index in [1.165, 1.54) is 0 Å². The van der Waals surface area contributed by atoms with Crippen LogP contribution < -0.4 is 0 Å². The number of carbonyl (C=O) groups excluding carboxylic acids is 1. The van der Waals surface area contributed by atoms with Gasteiger partial charge >= 0.3 is 11.9 Å². The molecular weight excluding hydrogens is 118 g/mol. The third kappa shape index (κ3) is 0.657. The molecule has 0 saturated carbocycles. The fraction of sp³-hybridized carbons (Fsp3) is 0.750. The lowest BCUT2D eigenvalue weighted by Crippen LogP contribution is -2.21. The molecule has 1 saturated heterocycles. The Morgan fingerprint density at radius 3 is 2.38 bits per heavy atom. The topological polar surface area (TPSA) is 26.3 Å². The number of rotatable bonds is 0. The molecule has 1 aliphatic heterocycles. The number of ether oxygens (including phenoxy) is 1. The molecule has 0 bridgehead atoms. The predicted molar refractivity (Wildman–Crippen MR) is 20.5 cm³/mol. The van der Waals surface area contributed by atoms with Gasteiger partial charge in [0.25, 0.3) is 0 Å². The van der Waals surface area contributed by atoms with Gasteiger partial charge in [-0.15, -0.1) is 0 Å². The quantitative estimate of drug-likeness (QED) is 0.439. The number of cyclic esters (lactones) is 1. The first kappa shape index (κ1) is 5.47. The lowest BCUT2D eigenvalue weighted by Gasteiger charge is -1.98. The summed E-state index contributed by atoms with van der Waals surface area (Å²) >= 11 is 0. The maximum Gasteiger partial charge on any atom is 0.377 e. The maximum absolute atomic E-state index is 11.9. The lowest BCUT2D eigenvalue weighted by atomic mass is 10.3. The monoisotopic (exact) mass is 122 g/mol. The fourth-order valence-corrected chi connectivity index (χ4v) is 0.480. The van der Waals surface area contributed by atoms with E-state index in [1.807, 2.05) is 0 Å². The van der Waals surface area contributed by atoms with E-state index in [-0.39, 0.29) is 6.61 Å². The van der Waals surface area contributed by atoms with E-state index in [0.29, 0.717) is 0 Å². The third-order valence-electron chi connectivity index (χ3n) is 0.948. The molecule has 4 heteroatoms. The summed E-state index contributed by atoms with van der Waals surface area (Å²) in [5, 5.41) is 0. The third-order valence-corrected chi connectivity index (χ3v) is 0.948. The summed E-state index contributed by atoms with van der Waals surface area (Å²) in [5.74, 6) is -4.60. The van der Waals surface area contributed by atoms with Crippen LogP contribution in [0.25, 0.3) is 0 Å². The van der Waals surface area contributed by atoms with Crippen molar-refractivity contribution in [1.29, 1.82) is 0 Å². The Kier molecular flexibility index (Phi) is 0.957. The summed E-state index contributed by atoms with van der Waals surface area (Å²) < 4.78 is 27.7. The first-order chi connectivity index (χ1) is 3.63. The van der Waals surface area contributed by atoms with E-state index in [0.717, 1.165) is 0 Å². The zero-order chi connectivity index (χ0) is 6.20. The number of carbonyl (C=O) groups is 1. The Morgan fingerprint density at radius 2 is 2.25 bits per heavy atom. The van der Waals surface area contributed by atoms with Crippen molar-refractivity contribution in [3.05, 3.63) is 0 Å². The molecule has 0 spiro atoms. The van der Waals surface area contributed by atoms with Crippen LogP contribution in [0.5, 0.6) is 0 Å². The Morgan fingerprint density at radius 1 is 1.62 bits per heavy atom. The van der Waals surface area contributed by atoms with Crippen LogP contribution in [0.3, 0.4) is 0 Å². The summed E-state index contributed by atoms with van der Waals surface area (Å²) in [7, 11) is 0. The largest absolute Gasteiger partial charge is 0.461 e. The normalized spacial score (nSPS) is 25.5. The van der Waals surface area contributed by atoms with Crippen molar-refractivity contribution in [3.8, 4) is 0 Å². The van der Waals surface area contributed by atoms with Gasteiger partial charge < -0.3 is 4.74 Å². The minimum absolute atomic E-state index is 0.147. The molecule has 0 aromatic heterocycles. The molecule has 1 fully saturated rings. The molecule has 0 aromatic carbocycles. The van der Waals surface area contributed by atoms with Crippen molar-refractivity contribution in [2.24, 2.45) is 0 Å². The van der Waals surface area contributed by atoms with Crippen LogP contribution in [0.2, 0.25) is 0 Å². The predicted octanol–water partition coefficient (Wildman–Crippen LogP) is 0.569. The molecule has 8 heavy (non-hydrogen) atoms. The molecule has 0 atom stereocenters. The van der Waals surface area contributed by atoms with Gasteiger partial charge in [0.1, 0.15) is 0 Å². The lowest BCUT2D eigenvalue weighted by molar-refractivity contribution is -0.157. The van der Waals surface area contributed by atoms with Crippen LogP contribution >= 0.6 is 0 Å². The van der Waals surface area contributed by atoms with E-state index < -0.39 is 18.3 Å². The second-order valence-corrected chi connectivity index (χ2v) is 1.59. The van der Waals surface area contributed by atoms with Crippen LogP contribution in [0.4, 0.5) is 8.78 Å². The van der Waals surface area contributed by atoms with Gasteiger partial charge in [0.2, 0.25) is 0 Å². The van der Waals surface area contributed by atoms with Gasteiger partial charge in [-0.3, -0.25) is 0 Å². The highest BCUT2D eigenvalue weighted by Gasteiger charge is 2.45. The van der Waals surface area contributed by atoms with Crippen LogP contribution in [0.15, 0.2) is 0 Å². The van der Waals surface area contributed by atoms with Gasteiger partial charge in [0.05, 0.1) is 13.0 Å². The van der Waals surface area contributed by atoms with Gasteiger partial charge in [-0.2, -0.15) is 8.78 Å². The Balaban J connectivity index is 2.68. The number of hydrogen-bond donors (Lipinski definition) is 0. The molecule has 1 aliphatic rings. The van der Waals surface area contributed by atoms with Gasteiger partial charge in [0, 0.05) is 0 Å². The molecule has 0 aromatic rings. The molecule has 0 radical (unpaired) electrons. The number of esters is 1. The summed E-state index contributed by atoms with van der Waals surface area (Å²) in [4.78, 5) is 9.92. The van der Waals surface area contributed by atoms with E-state index in [2.05, 4.69) is 4.74 Å². The van der Waals surface area contributed by atoms with Crippen LogP contribution in [0, 0.1) is 0 Å². The average molecular weight is 122 g/mol. The highest BCUT2D eigenvalue weighted by Crippen LogP contribution is 2.25. The Hall–Kier alpha value is -0.670. The first-order valence-electron chi connectivity index (χ1n) is 2.18. The van der Waals surface area contributed by atoms with E-state index in [4.69, 9.17) is 0 Å². The minimum atomic E-state index is -3.21. The second-order valence-electron chi connectivity index (χ2n) is 1.59. The number of alkyl halides is 2. The molecule has 2 nitrogen and oxygen atoms in total. The van der Waals surface area contributed by atoms with Crippen LogP contribution in [0.1, 0.15) is 6.42 Å². The highest BCUT2D eigenvalue weighted by molar-refractivity contribution is 5.79. The fourth-order valence-electron chi connectivity index (χ4n) is 0.480. The molecule has 1 rings (SSSR count). The van der Waals surface area contributed by atoms with Crippen molar-refractivity contribution in [2.75, 3.05) is 6.61 Å². The van der Waals surface area contributed by atoms with Gasteiger partial charge in [-0.25, -0.2) is 4.79 Å². The van der Waals surface area contributed by atoms with Crippen molar-refractivity contribution in [3.63, 3.8) is 0 Å². The van der Waals surface area contributed by atoms with Crippen LogP contribution in [-0.4, -0.2) is 18.5 Å². The smallest absolute Gasteiger partial charge is 0.377 e. The second kappa shape index (κ2) is 1.40. The zero-order valence-corrected chi connectivity index (χ0v) is 3.99. The molecular formula is C4H4F2O2. The van der Waals surface area contributed by atoms with Crippen molar-refractivity contribution in [1.82, 2.24) is 0 Å². The molecule has 0 aliphatic carbocycles. The Labute approximate surface area is 44.4 Å². The SMILES string of the molecule is O=C1OCCC1(F)F. The van der Waals surface area contributed by atoms with Gasteiger partial charge in [-0.1, -0.05) is 0 Å². The van der Waals surface area contributed by atoms with E-state index in [9.17, 15) is 13.6 Å². The molecule has 46 valence electrons. The summed E-state index contributed by atoms with van der Waals surface area (Å²) in [6.45, 7) is -0.147. The van der Waals surface area contributed by atoms with E-state index in [1.54, 1.807) is 0 Å². The van der Waals surface area contributed by atoms with Crippen molar-refractivity contribution >= 4 is 5.97 Å². The maximum atomic E-state index is 11.9. The standard InChI is InChI=1S/C4H4F2O2/c5-4(6)1-2-8-3(4)7/h1-2H2. The minimum Gasteiger partial charge on any atom is -0.461 e. The highest BCUT2D eigenvalue weighted by atomic mass is 19.3. The van der Waals surface area contributed by atoms with Gasteiger partial charge in [-0.05, 0) is 0 Å². The molecule has 0 amide bonds. The molecule has 0 N–H and O–H groups in total. The van der Waals surface area contributed by atoms with Crippen molar-refractivity contribution in [2.45, 2.75) is 12.3 Å². The number of hydrogen-bond acceptors (Lipinski definition) is 2. The average Bonchev–Trinajstić information content (AvgIpc) is 1.86. The Bertz CT molecular complexity index is 121. The molecule has 0 unspecified atom stereocenters. The van der Waals surface area contributed by atoms with Crippen LogP contribution in [-0.2, 0) is 9.53 Å². The first-order valence-corrected chi connectivity index (χ1v) is 2.18. The van der Waals surface area contributed by atoms with Gasteiger partial charge in [0.15, 0.2) is 0 Å². The number of halogens is 2. The molecule has 1 heterocycles. The summed E-state index contributed by atoms with van der Waals surface area (Å²) in [6, 6.07) is 0. The summed E-state index contributed by atoms with van der Waals surface area (Å²) in [6.07, 6.45) is -0.466.